The number of rotatable bonds is 6. The van der Waals surface area contributed by atoms with Crippen LogP contribution < -0.4 is 0 Å². The molecule has 2 aromatic heterocycles. The van der Waals surface area contributed by atoms with Crippen molar-refractivity contribution < 1.29 is 4.42 Å². The molecule has 0 atom stereocenters. The Kier molecular flexibility index (Phi) is 7.10. The highest BCUT2D eigenvalue weighted by molar-refractivity contribution is 6.15. The smallest absolute Gasteiger partial charge is 0.165 e. The van der Waals surface area contributed by atoms with Crippen LogP contribution in [0.4, 0.5) is 0 Å². The van der Waals surface area contributed by atoms with E-state index in [1.165, 1.54) is 11.1 Å². The zero-order valence-corrected chi connectivity index (χ0v) is 26.5. The topological polar surface area (TPSA) is 51.8 Å². The molecule has 0 N–H and O–H groups in total. The van der Waals surface area contributed by atoms with Crippen molar-refractivity contribution in [2.24, 2.45) is 0 Å². The molecule has 0 aliphatic carbocycles. The highest BCUT2D eigenvalue weighted by atomic mass is 16.3. The second kappa shape index (κ2) is 12.2. The third-order valence-corrected chi connectivity index (χ3v) is 8.99. The van der Waals surface area contributed by atoms with Crippen molar-refractivity contribution in [3.05, 3.63) is 176 Å². The quantitative estimate of drug-likeness (QED) is 0.184. The van der Waals surface area contributed by atoms with Crippen molar-refractivity contribution >= 4 is 21.9 Å². The lowest BCUT2D eigenvalue weighted by Crippen LogP contribution is -2.01. The van der Waals surface area contributed by atoms with E-state index in [1.54, 1.807) is 0 Å². The van der Waals surface area contributed by atoms with E-state index in [2.05, 4.69) is 109 Å². The summed E-state index contributed by atoms with van der Waals surface area (Å²) in [6.45, 7) is 0. The van der Waals surface area contributed by atoms with Crippen LogP contribution in [-0.2, 0) is 0 Å². The van der Waals surface area contributed by atoms with Gasteiger partial charge < -0.3 is 4.42 Å². The van der Waals surface area contributed by atoms with E-state index in [-0.39, 0.29) is 0 Å². The van der Waals surface area contributed by atoms with Crippen molar-refractivity contribution in [1.82, 2.24) is 15.0 Å². The Balaban J connectivity index is 1.21. The molecule has 9 aromatic rings. The minimum absolute atomic E-state index is 0.598. The Morgan fingerprint density at radius 1 is 0.306 bits per heavy atom. The molecule has 9 rings (SSSR count). The van der Waals surface area contributed by atoms with Crippen molar-refractivity contribution in [3.8, 4) is 67.5 Å². The van der Waals surface area contributed by atoms with E-state index in [0.29, 0.717) is 17.5 Å². The van der Waals surface area contributed by atoms with Gasteiger partial charge in [-0.05, 0) is 51.6 Å². The van der Waals surface area contributed by atoms with Crippen LogP contribution in [0.25, 0.3) is 89.5 Å². The normalized spacial score (nSPS) is 11.3. The summed E-state index contributed by atoms with van der Waals surface area (Å²) >= 11 is 0. The summed E-state index contributed by atoms with van der Waals surface area (Å²) in [5.74, 6) is 1.82. The third kappa shape index (κ3) is 5.35. The highest BCUT2D eigenvalue weighted by Gasteiger charge is 2.22. The van der Waals surface area contributed by atoms with Crippen LogP contribution in [0.1, 0.15) is 0 Å². The van der Waals surface area contributed by atoms with Gasteiger partial charge in [0, 0.05) is 27.5 Å². The maximum absolute atomic E-state index is 6.35. The van der Waals surface area contributed by atoms with E-state index in [4.69, 9.17) is 19.4 Å². The standard InChI is InChI=1S/C45H29N3O/c1-4-12-30(13-5-1)31-20-22-32(23-21-31)33-24-26-36(27-25-33)44-46-43(35-16-8-3-9-17-35)47-45(48-44)42-37(34-14-6-2-7-15-34)28-29-40-41(42)38-18-10-11-19-39(38)49-40/h1-29H. The Morgan fingerprint density at radius 3 is 1.33 bits per heavy atom. The van der Waals surface area contributed by atoms with Crippen LogP contribution in [0.3, 0.4) is 0 Å². The first-order valence-electron chi connectivity index (χ1n) is 16.4. The number of para-hydroxylation sites is 1. The molecular weight excluding hydrogens is 599 g/mol. The monoisotopic (exact) mass is 627 g/mol. The van der Waals surface area contributed by atoms with E-state index < -0.39 is 0 Å². The Bertz CT molecular complexity index is 2560. The predicted octanol–water partition coefficient (Wildman–Crippen LogP) is 11.8. The van der Waals surface area contributed by atoms with Gasteiger partial charge in [0.05, 0.1) is 0 Å². The number of hydrogen-bond donors (Lipinski definition) is 0. The van der Waals surface area contributed by atoms with E-state index in [1.807, 2.05) is 66.7 Å². The first kappa shape index (κ1) is 28.6. The van der Waals surface area contributed by atoms with Crippen molar-refractivity contribution in [2.45, 2.75) is 0 Å². The fraction of sp³-hybridized carbons (Fsp3) is 0. The van der Waals surface area contributed by atoms with E-state index >= 15 is 0 Å². The van der Waals surface area contributed by atoms with Crippen LogP contribution in [0.2, 0.25) is 0 Å². The number of fused-ring (bicyclic) bond motifs is 3. The van der Waals surface area contributed by atoms with Crippen LogP contribution >= 0.6 is 0 Å². The maximum Gasteiger partial charge on any atom is 0.165 e. The number of aromatic nitrogens is 3. The van der Waals surface area contributed by atoms with Crippen LogP contribution in [0, 0.1) is 0 Å². The van der Waals surface area contributed by atoms with E-state index in [0.717, 1.165) is 60.9 Å². The van der Waals surface area contributed by atoms with Gasteiger partial charge in [-0.1, -0.05) is 158 Å². The third-order valence-electron chi connectivity index (χ3n) is 8.99. The van der Waals surface area contributed by atoms with Gasteiger partial charge in [-0.2, -0.15) is 0 Å². The second-order valence-electron chi connectivity index (χ2n) is 12.0. The van der Waals surface area contributed by atoms with Gasteiger partial charge in [0.1, 0.15) is 11.2 Å². The number of nitrogens with zero attached hydrogens (tertiary/aromatic N) is 3. The zero-order valence-electron chi connectivity index (χ0n) is 26.5. The minimum atomic E-state index is 0.598. The highest BCUT2D eigenvalue weighted by Crippen LogP contribution is 2.42. The summed E-state index contributed by atoms with van der Waals surface area (Å²) in [5, 5.41) is 2.01. The molecule has 0 fully saturated rings. The van der Waals surface area contributed by atoms with Gasteiger partial charge in [0.15, 0.2) is 17.5 Å². The maximum atomic E-state index is 6.35. The van der Waals surface area contributed by atoms with Gasteiger partial charge in [-0.3, -0.25) is 0 Å². The SMILES string of the molecule is c1ccc(-c2ccc(-c3ccc(-c4nc(-c5ccccc5)nc(-c5c(-c6ccccc6)ccc6oc7ccccc7c56)n4)cc3)cc2)cc1. The average molecular weight is 628 g/mol. The minimum Gasteiger partial charge on any atom is -0.456 e. The second-order valence-corrected chi connectivity index (χ2v) is 12.0. The number of benzene rings is 7. The summed E-state index contributed by atoms with van der Waals surface area (Å²) in [5.41, 5.74) is 11.2. The lowest BCUT2D eigenvalue weighted by Gasteiger charge is -2.13. The average Bonchev–Trinajstić information content (AvgIpc) is 3.57. The van der Waals surface area contributed by atoms with Gasteiger partial charge in [0.25, 0.3) is 0 Å². The molecule has 0 aliphatic heterocycles. The summed E-state index contributed by atoms with van der Waals surface area (Å²) in [4.78, 5) is 15.4. The Morgan fingerprint density at radius 2 is 0.735 bits per heavy atom. The van der Waals surface area contributed by atoms with Crippen molar-refractivity contribution in [2.75, 3.05) is 0 Å². The van der Waals surface area contributed by atoms with Gasteiger partial charge in [-0.15, -0.1) is 0 Å². The van der Waals surface area contributed by atoms with Crippen LogP contribution in [-0.4, -0.2) is 15.0 Å². The molecule has 0 bridgehead atoms. The first-order valence-corrected chi connectivity index (χ1v) is 16.4. The zero-order chi connectivity index (χ0) is 32.6. The Hall–Kier alpha value is -6.65. The predicted molar refractivity (Wildman–Crippen MR) is 200 cm³/mol. The van der Waals surface area contributed by atoms with E-state index in [9.17, 15) is 0 Å². The lowest BCUT2D eigenvalue weighted by molar-refractivity contribution is 0.669. The summed E-state index contributed by atoms with van der Waals surface area (Å²) in [7, 11) is 0. The van der Waals surface area contributed by atoms with Crippen LogP contribution in [0.15, 0.2) is 180 Å². The molecular formula is C45H29N3O. The molecule has 4 heteroatoms. The summed E-state index contributed by atoms with van der Waals surface area (Å²) < 4.78 is 6.35. The molecule has 0 spiro atoms. The Labute approximate surface area is 284 Å². The summed E-state index contributed by atoms with van der Waals surface area (Å²) in [6.07, 6.45) is 0. The van der Waals surface area contributed by atoms with Crippen molar-refractivity contribution in [3.63, 3.8) is 0 Å². The molecule has 4 nitrogen and oxygen atoms in total. The van der Waals surface area contributed by atoms with Crippen molar-refractivity contribution in [1.29, 1.82) is 0 Å². The lowest BCUT2D eigenvalue weighted by atomic mass is 9.94. The summed E-state index contributed by atoms with van der Waals surface area (Å²) in [6, 6.07) is 60.4. The van der Waals surface area contributed by atoms with Crippen LogP contribution in [0.5, 0.6) is 0 Å². The van der Waals surface area contributed by atoms with Gasteiger partial charge in [-0.25, -0.2) is 15.0 Å². The molecule has 0 unspecified atom stereocenters. The molecule has 0 aliphatic rings. The van der Waals surface area contributed by atoms with Gasteiger partial charge >= 0.3 is 0 Å². The molecule has 0 radical (unpaired) electrons. The molecule has 230 valence electrons. The molecule has 49 heavy (non-hydrogen) atoms. The largest absolute Gasteiger partial charge is 0.456 e. The number of hydrogen-bond acceptors (Lipinski definition) is 4. The molecule has 2 heterocycles. The first-order chi connectivity index (χ1) is 24.3. The molecule has 0 saturated heterocycles. The van der Waals surface area contributed by atoms with Gasteiger partial charge in [0.2, 0.25) is 0 Å². The molecule has 0 amide bonds. The fourth-order valence-corrected chi connectivity index (χ4v) is 6.54. The molecule has 7 aromatic carbocycles. The number of furan rings is 1. The molecule has 0 saturated carbocycles. The fourth-order valence-electron chi connectivity index (χ4n) is 6.54.